The third-order valence-electron chi connectivity index (χ3n) is 1.89. The van der Waals surface area contributed by atoms with Gasteiger partial charge < -0.3 is 0 Å². The van der Waals surface area contributed by atoms with Gasteiger partial charge in [0.15, 0.2) is 0 Å². The highest BCUT2D eigenvalue weighted by atomic mass is 13.9. The van der Waals surface area contributed by atoms with Crippen molar-refractivity contribution in [3.05, 3.63) is 13.2 Å². The Morgan fingerprint density at radius 2 is 1.00 bits per heavy atom. The van der Waals surface area contributed by atoms with Gasteiger partial charge in [-0.15, -0.1) is 13.2 Å². The fourth-order valence-electron chi connectivity index (χ4n) is 0.289. The SMILES string of the molecule is C=C.CC.CCC(C)CC.CCCC. The van der Waals surface area contributed by atoms with Gasteiger partial charge in [0.1, 0.15) is 0 Å². The molecule has 0 saturated heterocycles. The third kappa shape index (κ3) is 60.3. The number of hydrogen-bond acceptors (Lipinski definition) is 0. The zero-order chi connectivity index (χ0) is 12.4. The Kier molecular flexibility index (Phi) is 64.9. The van der Waals surface area contributed by atoms with Gasteiger partial charge in [0.05, 0.1) is 0 Å². The second-order valence-corrected chi connectivity index (χ2v) is 2.92. The van der Waals surface area contributed by atoms with E-state index in [4.69, 9.17) is 0 Å². The van der Waals surface area contributed by atoms with Crippen molar-refractivity contribution in [1.82, 2.24) is 0 Å². The molecule has 0 heteroatoms. The summed E-state index contributed by atoms with van der Waals surface area (Å²) >= 11 is 0. The van der Waals surface area contributed by atoms with Crippen LogP contribution in [0.5, 0.6) is 0 Å². The molecule has 0 bridgehead atoms. The lowest BCUT2D eigenvalue weighted by Crippen LogP contribution is -1.85. The molecule has 0 nitrogen and oxygen atoms in total. The minimum atomic E-state index is 0.935. The number of rotatable bonds is 3. The second kappa shape index (κ2) is 38.7. The molecule has 0 aromatic heterocycles. The van der Waals surface area contributed by atoms with E-state index in [2.05, 4.69) is 47.8 Å². The zero-order valence-corrected chi connectivity index (χ0v) is 11.8. The molecule has 0 aromatic rings. The van der Waals surface area contributed by atoms with Gasteiger partial charge >= 0.3 is 0 Å². The first kappa shape index (κ1) is 23.5. The molecule has 14 heavy (non-hydrogen) atoms. The van der Waals surface area contributed by atoms with E-state index in [0.717, 1.165) is 5.92 Å². The van der Waals surface area contributed by atoms with Gasteiger partial charge in [-0.25, -0.2) is 0 Å². The maximum Gasteiger partial charge on any atom is -0.0448 e. The highest BCUT2D eigenvalue weighted by molar-refractivity contribution is 4.41. The first-order valence-electron chi connectivity index (χ1n) is 6.22. The summed E-state index contributed by atoms with van der Waals surface area (Å²) in [7, 11) is 0. The van der Waals surface area contributed by atoms with Crippen molar-refractivity contribution in [3.63, 3.8) is 0 Å². The van der Waals surface area contributed by atoms with E-state index in [0.29, 0.717) is 0 Å². The van der Waals surface area contributed by atoms with Crippen LogP contribution in [0.1, 0.15) is 74.1 Å². The summed E-state index contributed by atoms with van der Waals surface area (Å²) in [5, 5.41) is 0. The van der Waals surface area contributed by atoms with Crippen LogP contribution in [-0.2, 0) is 0 Å². The van der Waals surface area contributed by atoms with Crippen LogP contribution >= 0.6 is 0 Å². The number of unbranched alkanes of at least 4 members (excludes halogenated alkanes) is 1. The number of hydrogen-bond donors (Lipinski definition) is 0. The quantitative estimate of drug-likeness (QED) is 0.487. The molecule has 0 aliphatic carbocycles. The molecule has 0 aromatic carbocycles. The average Bonchev–Trinajstić information content (AvgIpc) is 2.33. The minimum Gasteiger partial charge on any atom is -0.106 e. The molecule has 0 N–H and O–H groups in total. The van der Waals surface area contributed by atoms with E-state index in [1.54, 1.807) is 0 Å². The van der Waals surface area contributed by atoms with Gasteiger partial charge in [0.25, 0.3) is 0 Å². The van der Waals surface area contributed by atoms with Crippen LogP contribution in [0.3, 0.4) is 0 Å². The van der Waals surface area contributed by atoms with E-state index in [-0.39, 0.29) is 0 Å². The van der Waals surface area contributed by atoms with Gasteiger partial charge in [0, 0.05) is 0 Å². The predicted molar refractivity (Wildman–Crippen MR) is 72.9 cm³/mol. The lowest BCUT2D eigenvalue weighted by Gasteiger charge is -1.98. The lowest BCUT2D eigenvalue weighted by molar-refractivity contribution is 0.544. The van der Waals surface area contributed by atoms with Gasteiger partial charge in [0.2, 0.25) is 0 Å². The van der Waals surface area contributed by atoms with Crippen molar-refractivity contribution in [2.24, 2.45) is 5.92 Å². The van der Waals surface area contributed by atoms with E-state index < -0.39 is 0 Å². The molecule has 0 aliphatic rings. The van der Waals surface area contributed by atoms with Crippen LogP contribution in [0.2, 0.25) is 0 Å². The molecule has 0 radical (unpaired) electrons. The average molecular weight is 202 g/mol. The van der Waals surface area contributed by atoms with E-state index in [9.17, 15) is 0 Å². The lowest BCUT2D eigenvalue weighted by atomic mass is 10.1. The van der Waals surface area contributed by atoms with Crippen molar-refractivity contribution in [1.29, 1.82) is 0 Å². The maximum atomic E-state index is 3.00. The van der Waals surface area contributed by atoms with Crippen molar-refractivity contribution in [2.45, 2.75) is 74.1 Å². The molecule has 0 rings (SSSR count). The van der Waals surface area contributed by atoms with Gasteiger partial charge in [-0.3, -0.25) is 0 Å². The Morgan fingerprint density at radius 3 is 1.00 bits per heavy atom. The Balaban J connectivity index is -0.0000000546. The minimum absolute atomic E-state index is 0.935. The summed E-state index contributed by atoms with van der Waals surface area (Å²) in [4.78, 5) is 0. The van der Waals surface area contributed by atoms with Crippen LogP contribution in [0, 0.1) is 5.92 Å². The smallest absolute Gasteiger partial charge is 0.0448 e. The van der Waals surface area contributed by atoms with Gasteiger partial charge in [-0.05, 0) is 5.92 Å². The topological polar surface area (TPSA) is 0 Å². The molecule has 0 aliphatic heterocycles. The molecular formula is C14H34. The summed E-state index contributed by atoms with van der Waals surface area (Å²) in [6.07, 6.45) is 5.30. The largest absolute Gasteiger partial charge is 0.106 e. The monoisotopic (exact) mass is 202 g/mol. The van der Waals surface area contributed by atoms with Crippen molar-refractivity contribution in [3.8, 4) is 0 Å². The fourth-order valence-corrected chi connectivity index (χ4v) is 0.289. The van der Waals surface area contributed by atoms with Crippen molar-refractivity contribution >= 4 is 0 Å². The zero-order valence-electron chi connectivity index (χ0n) is 11.8. The molecule has 90 valence electrons. The summed E-state index contributed by atoms with van der Waals surface area (Å²) in [5.74, 6) is 0.935. The third-order valence-corrected chi connectivity index (χ3v) is 1.89. The van der Waals surface area contributed by atoms with E-state index >= 15 is 0 Å². The molecular weight excluding hydrogens is 168 g/mol. The van der Waals surface area contributed by atoms with Gasteiger partial charge in [-0.1, -0.05) is 74.1 Å². The molecule has 0 heterocycles. The molecule has 0 saturated carbocycles. The summed E-state index contributed by atoms with van der Waals surface area (Å²) in [6.45, 7) is 21.1. The molecule has 0 spiro atoms. The van der Waals surface area contributed by atoms with Crippen LogP contribution in [0.15, 0.2) is 13.2 Å². The summed E-state index contributed by atoms with van der Waals surface area (Å²) < 4.78 is 0. The second-order valence-electron chi connectivity index (χ2n) is 2.92. The maximum absolute atomic E-state index is 3.00. The molecule has 0 fully saturated rings. The molecule has 0 atom stereocenters. The molecule has 0 unspecified atom stereocenters. The van der Waals surface area contributed by atoms with Crippen LogP contribution in [0.25, 0.3) is 0 Å². The highest BCUT2D eigenvalue weighted by Gasteiger charge is 1.88. The Hall–Kier alpha value is -0.260. The fraction of sp³-hybridized carbons (Fsp3) is 0.857. The van der Waals surface area contributed by atoms with Crippen LogP contribution in [-0.4, -0.2) is 0 Å². The van der Waals surface area contributed by atoms with Crippen molar-refractivity contribution < 1.29 is 0 Å². The van der Waals surface area contributed by atoms with Gasteiger partial charge in [-0.2, -0.15) is 0 Å². The standard InChI is InChI=1S/C6H14.C4H10.C2H6.C2H4/c1-4-6(3)5-2;1-3-4-2;2*1-2/h6H,4-5H2,1-3H3;3-4H2,1-2H3;1-2H3;1-2H2. The summed E-state index contributed by atoms with van der Waals surface area (Å²) in [5.41, 5.74) is 0. The van der Waals surface area contributed by atoms with Crippen LogP contribution in [0.4, 0.5) is 0 Å². The molecule has 0 amide bonds. The Morgan fingerprint density at radius 1 is 0.786 bits per heavy atom. The van der Waals surface area contributed by atoms with E-state index in [1.165, 1.54) is 25.7 Å². The Bertz CT molecular complexity index is 42.0. The van der Waals surface area contributed by atoms with Crippen molar-refractivity contribution in [2.75, 3.05) is 0 Å². The highest BCUT2D eigenvalue weighted by Crippen LogP contribution is 2.02. The predicted octanol–water partition coefficient (Wildman–Crippen LogP) is 6.08. The van der Waals surface area contributed by atoms with E-state index in [1.807, 2.05) is 13.8 Å². The normalized spacial score (nSPS) is 7.14. The summed E-state index contributed by atoms with van der Waals surface area (Å²) in [6, 6.07) is 0. The first-order chi connectivity index (χ1) is 6.72. The Labute approximate surface area is 93.8 Å². The first-order valence-corrected chi connectivity index (χ1v) is 6.22. The van der Waals surface area contributed by atoms with Crippen LogP contribution < -0.4 is 0 Å².